The van der Waals surface area contributed by atoms with E-state index >= 15 is 0 Å². The smallest absolute Gasteiger partial charge is 0.257 e. The van der Waals surface area contributed by atoms with Gasteiger partial charge < -0.3 is 15.5 Å². The summed E-state index contributed by atoms with van der Waals surface area (Å²) in [5, 5.41) is 6.29. The zero-order valence-electron chi connectivity index (χ0n) is 17.5. The van der Waals surface area contributed by atoms with Crippen molar-refractivity contribution in [3.05, 3.63) is 77.6 Å². The molecule has 0 spiro atoms. The van der Waals surface area contributed by atoms with E-state index in [1.54, 1.807) is 12.4 Å². The molecule has 0 aliphatic rings. The van der Waals surface area contributed by atoms with E-state index in [0.29, 0.717) is 5.56 Å². The first-order valence-corrected chi connectivity index (χ1v) is 9.95. The Balaban J connectivity index is 1.74. The van der Waals surface area contributed by atoms with Gasteiger partial charge in [0.05, 0.1) is 17.4 Å². The highest BCUT2D eigenvalue weighted by Gasteiger charge is 2.09. The highest BCUT2D eigenvalue weighted by Crippen LogP contribution is 2.26. The van der Waals surface area contributed by atoms with E-state index in [4.69, 9.17) is 0 Å². The van der Waals surface area contributed by atoms with Gasteiger partial charge in [-0.3, -0.25) is 9.78 Å². The molecular formula is C24H28N4O. The molecule has 1 aromatic heterocycles. The third-order valence-corrected chi connectivity index (χ3v) is 4.93. The van der Waals surface area contributed by atoms with Crippen LogP contribution in [0.2, 0.25) is 0 Å². The van der Waals surface area contributed by atoms with Crippen LogP contribution in [0.1, 0.15) is 35.3 Å². The van der Waals surface area contributed by atoms with E-state index in [1.807, 2.05) is 37.3 Å². The summed E-state index contributed by atoms with van der Waals surface area (Å²) in [4.78, 5) is 19.1. The second kappa shape index (κ2) is 9.24. The predicted molar refractivity (Wildman–Crippen MR) is 121 cm³/mol. The van der Waals surface area contributed by atoms with E-state index in [0.717, 1.165) is 41.3 Å². The van der Waals surface area contributed by atoms with Crippen LogP contribution in [0.25, 0.3) is 0 Å². The van der Waals surface area contributed by atoms with Crippen LogP contribution in [0.4, 0.5) is 22.7 Å². The molecular weight excluding hydrogens is 360 g/mol. The standard InChI is InChI=1S/C24H28N4O/c1-5-28(6-2)22-11-12-23(18(4)13-22)26-21-14-19(15-25-16-21)24(29)27-20-9-7-17(3)8-10-20/h7-16,26H,5-6H2,1-4H3,(H,27,29). The largest absolute Gasteiger partial charge is 0.372 e. The van der Waals surface area contributed by atoms with Crippen LogP contribution in [0.5, 0.6) is 0 Å². The van der Waals surface area contributed by atoms with E-state index in [9.17, 15) is 4.79 Å². The van der Waals surface area contributed by atoms with E-state index < -0.39 is 0 Å². The molecule has 0 bridgehead atoms. The number of benzene rings is 2. The van der Waals surface area contributed by atoms with Crippen molar-refractivity contribution >= 4 is 28.7 Å². The fraction of sp³-hybridized carbons (Fsp3) is 0.250. The minimum Gasteiger partial charge on any atom is -0.372 e. The molecule has 2 aromatic carbocycles. The molecule has 3 rings (SSSR count). The number of hydrogen-bond donors (Lipinski definition) is 2. The Kier molecular flexibility index (Phi) is 6.50. The lowest BCUT2D eigenvalue weighted by Gasteiger charge is -2.22. The topological polar surface area (TPSA) is 57.3 Å². The normalized spacial score (nSPS) is 10.5. The first kappa shape index (κ1) is 20.4. The van der Waals surface area contributed by atoms with Gasteiger partial charge in [0.2, 0.25) is 0 Å². The average molecular weight is 389 g/mol. The number of carbonyl (C=O) groups excluding carboxylic acids is 1. The minimum absolute atomic E-state index is 0.182. The molecule has 2 N–H and O–H groups in total. The fourth-order valence-corrected chi connectivity index (χ4v) is 3.20. The number of hydrogen-bond acceptors (Lipinski definition) is 4. The minimum atomic E-state index is -0.182. The molecule has 29 heavy (non-hydrogen) atoms. The molecule has 0 radical (unpaired) electrons. The summed E-state index contributed by atoms with van der Waals surface area (Å²) < 4.78 is 0. The Bertz CT molecular complexity index is 978. The lowest BCUT2D eigenvalue weighted by molar-refractivity contribution is 0.102. The number of nitrogens with zero attached hydrogens (tertiary/aromatic N) is 2. The SMILES string of the molecule is CCN(CC)c1ccc(Nc2cncc(C(=O)Nc3ccc(C)cc3)c2)c(C)c1. The van der Waals surface area contributed by atoms with Crippen molar-refractivity contribution < 1.29 is 4.79 Å². The summed E-state index contributed by atoms with van der Waals surface area (Å²) in [6.07, 6.45) is 3.30. The van der Waals surface area contributed by atoms with Crippen molar-refractivity contribution in [3.63, 3.8) is 0 Å². The monoisotopic (exact) mass is 388 g/mol. The van der Waals surface area contributed by atoms with Crippen LogP contribution in [-0.4, -0.2) is 24.0 Å². The molecule has 0 unspecified atom stereocenters. The van der Waals surface area contributed by atoms with Gasteiger partial charge in [0.15, 0.2) is 0 Å². The number of pyridine rings is 1. The molecule has 0 saturated carbocycles. The number of amides is 1. The first-order valence-electron chi connectivity index (χ1n) is 9.95. The van der Waals surface area contributed by atoms with Gasteiger partial charge in [-0.1, -0.05) is 17.7 Å². The summed E-state index contributed by atoms with van der Waals surface area (Å²) in [5.74, 6) is -0.182. The van der Waals surface area contributed by atoms with Gasteiger partial charge in [-0.15, -0.1) is 0 Å². The summed E-state index contributed by atoms with van der Waals surface area (Å²) in [7, 11) is 0. The van der Waals surface area contributed by atoms with Crippen LogP contribution < -0.4 is 15.5 Å². The van der Waals surface area contributed by atoms with Gasteiger partial charge in [0, 0.05) is 36.3 Å². The van der Waals surface area contributed by atoms with Gasteiger partial charge >= 0.3 is 0 Å². The van der Waals surface area contributed by atoms with Crippen LogP contribution >= 0.6 is 0 Å². The number of aromatic nitrogens is 1. The molecule has 0 atom stereocenters. The molecule has 1 heterocycles. The van der Waals surface area contributed by atoms with Crippen molar-refractivity contribution in [1.82, 2.24) is 4.98 Å². The van der Waals surface area contributed by atoms with Gasteiger partial charge in [0.1, 0.15) is 0 Å². The zero-order chi connectivity index (χ0) is 20.8. The van der Waals surface area contributed by atoms with E-state index in [-0.39, 0.29) is 5.91 Å². The number of anilines is 4. The summed E-state index contributed by atoms with van der Waals surface area (Å²) >= 11 is 0. The van der Waals surface area contributed by atoms with Gasteiger partial charge in [-0.2, -0.15) is 0 Å². The van der Waals surface area contributed by atoms with Crippen molar-refractivity contribution in [1.29, 1.82) is 0 Å². The Morgan fingerprint density at radius 1 is 0.931 bits per heavy atom. The Morgan fingerprint density at radius 2 is 1.66 bits per heavy atom. The molecule has 150 valence electrons. The molecule has 0 saturated heterocycles. The van der Waals surface area contributed by atoms with Gasteiger partial charge in [-0.25, -0.2) is 0 Å². The number of rotatable bonds is 7. The van der Waals surface area contributed by atoms with Crippen LogP contribution in [0.3, 0.4) is 0 Å². The molecule has 5 heteroatoms. The number of nitrogens with one attached hydrogen (secondary N) is 2. The molecule has 0 fully saturated rings. The van der Waals surface area contributed by atoms with Gasteiger partial charge in [-0.05, 0) is 69.7 Å². The lowest BCUT2D eigenvalue weighted by Crippen LogP contribution is -2.21. The Labute approximate surface area is 172 Å². The molecule has 0 aliphatic heterocycles. The van der Waals surface area contributed by atoms with Crippen LogP contribution in [-0.2, 0) is 0 Å². The summed E-state index contributed by atoms with van der Waals surface area (Å²) in [6.45, 7) is 10.4. The maximum absolute atomic E-state index is 12.6. The van der Waals surface area contributed by atoms with Crippen molar-refractivity contribution in [3.8, 4) is 0 Å². The quantitative estimate of drug-likeness (QED) is 0.558. The predicted octanol–water partition coefficient (Wildman–Crippen LogP) is 5.54. The van der Waals surface area contributed by atoms with Crippen LogP contribution in [0.15, 0.2) is 60.9 Å². The molecule has 0 aliphatic carbocycles. The molecule has 1 amide bonds. The molecule has 3 aromatic rings. The number of carbonyl (C=O) groups is 1. The van der Waals surface area contributed by atoms with Crippen molar-refractivity contribution in [2.45, 2.75) is 27.7 Å². The fourth-order valence-electron chi connectivity index (χ4n) is 3.20. The highest BCUT2D eigenvalue weighted by molar-refractivity contribution is 6.04. The lowest BCUT2D eigenvalue weighted by atomic mass is 10.1. The third kappa shape index (κ3) is 5.13. The number of aryl methyl sites for hydroxylation is 2. The second-order valence-corrected chi connectivity index (χ2v) is 7.08. The van der Waals surface area contributed by atoms with Crippen molar-refractivity contribution in [2.24, 2.45) is 0 Å². The Morgan fingerprint density at radius 3 is 2.31 bits per heavy atom. The highest BCUT2D eigenvalue weighted by atomic mass is 16.1. The van der Waals surface area contributed by atoms with Crippen molar-refractivity contribution in [2.75, 3.05) is 28.6 Å². The summed E-state index contributed by atoms with van der Waals surface area (Å²) in [5.41, 5.74) is 6.55. The van der Waals surface area contributed by atoms with E-state index in [1.165, 1.54) is 5.69 Å². The summed E-state index contributed by atoms with van der Waals surface area (Å²) in [6, 6.07) is 15.9. The van der Waals surface area contributed by atoms with Crippen LogP contribution in [0, 0.1) is 13.8 Å². The Hall–Kier alpha value is -3.34. The first-order chi connectivity index (χ1) is 14.0. The maximum atomic E-state index is 12.6. The zero-order valence-corrected chi connectivity index (χ0v) is 17.5. The van der Waals surface area contributed by atoms with Gasteiger partial charge in [0.25, 0.3) is 5.91 Å². The van der Waals surface area contributed by atoms with E-state index in [2.05, 4.69) is 59.5 Å². The molecule has 5 nitrogen and oxygen atoms in total. The average Bonchev–Trinajstić information content (AvgIpc) is 2.73. The second-order valence-electron chi connectivity index (χ2n) is 7.08. The third-order valence-electron chi connectivity index (χ3n) is 4.93. The maximum Gasteiger partial charge on any atom is 0.257 e.